The Balaban J connectivity index is 1.98. The van der Waals surface area contributed by atoms with Crippen molar-refractivity contribution in [2.45, 2.75) is 32.7 Å². The van der Waals surface area contributed by atoms with E-state index in [0.29, 0.717) is 0 Å². The first-order valence-electron chi connectivity index (χ1n) is 6.82. The van der Waals surface area contributed by atoms with E-state index in [0.717, 1.165) is 24.1 Å². The van der Waals surface area contributed by atoms with Crippen molar-refractivity contribution in [3.63, 3.8) is 0 Å². The molecule has 1 aromatic rings. The lowest BCUT2D eigenvalue weighted by Gasteiger charge is -2.14. The third-order valence-electron chi connectivity index (χ3n) is 3.36. The van der Waals surface area contributed by atoms with Crippen molar-refractivity contribution in [1.82, 2.24) is 4.72 Å². The highest BCUT2D eigenvalue weighted by Gasteiger charge is 2.29. The van der Waals surface area contributed by atoms with Gasteiger partial charge in [-0.25, -0.2) is 13.1 Å². The zero-order valence-corrected chi connectivity index (χ0v) is 12.5. The summed E-state index contributed by atoms with van der Waals surface area (Å²) in [5.41, 5.74) is 1.61. The highest BCUT2D eigenvalue weighted by molar-refractivity contribution is 7.89. The van der Waals surface area contributed by atoms with Crippen molar-refractivity contribution in [2.75, 3.05) is 11.1 Å². The Morgan fingerprint density at radius 3 is 2.40 bits per heavy atom. The van der Waals surface area contributed by atoms with Crippen LogP contribution in [0.1, 0.15) is 38.3 Å². The van der Waals surface area contributed by atoms with Crippen LogP contribution in [0.5, 0.6) is 0 Å². The number of nitrogens with one attached hydrogen (secondary N) is 2. The van der Waals surface area contributed by atoms with Crippen LogP contribution in [0.3, 0.4) is 0 Å². The fourth-order valence-corrected chi connectivity index (χ4v) is 2.71. The van der Waals surface area contributed by atoms with E-state index in [-0.39, 0.29) is 23.6 Å². The molecular formula is C14H20N2O3S. The molecule has 0 aliphatic heterocycles. The summed E-state index contributed by atoms with van der Waals surface area (Å²) in [6.07, 6.45) is 1.94. The van der Waals surface area contributed by atoms with Crippen LogP contribution >= 0.6 is 0 Å². The van der Waals surface area contributed by atoms with Crippen molar-refractivity contribution in [2.24, 2.45) is 5.92 Å². The molecule has 110 valence electrons. The maximum atomic E-state index is 11.6. The van der Waals surface area contributed by atoms with Crippen LogP contribution in [0.2, 0.25) is 0 Å². The first kappa shape index (κ1) is 15.0. The van der Waals surface area contributed by atoms with Crippen molar-refractivity contribution < 1.29 is 13.2 Å². The van der Waals surface area contributed by atoms with Crippen LogP contribution in [-0.4, -0.2) is 20.1 Å². The average Bonchev–Trinajstić information content (AvgIpc) is 3.23. The minimum atomic E-state index is -3.22. The number of sulfonamides is 1. The van der Waals surface area contributed by atoms with Gasteiger partial charge in [-0.1, -0.05) is 12.1 Å². The lowest BCUT2D eigenvalue weighted by molar-refractivity contribution is -0.117. The Labute approximate surface area is 119 Å². The molecule has 1 aliphatic rings. The molecule has 2 N–H and O–H groups in total. The number of benzene rings is 1. The van der Waals surface area contributed by atoms with Gasteiger partial charge >= 0.3 is 0 Å². The summed E-state index contributed by atoms with van der Waals surface area (Å²) in [5.74, 6) is 0.301. The van der Waals surface area contributed by atoms with Crippen molar-refractivity contribution in [3.8, 4) is 0 Å². The zero-order valence-electron chi connectivity index (χ0n) is 11.7. The quantitative estimate of drug-likeness (QED) is 0.843. The van der Waals surface area contributed by atoms with Crippen molar-refractivity contribution >= 4 is 21.6 Å². The van der Waals surface area contributed by atoms with Gasteiger partial charge < -0.3 is 5.32 Å². The Kier molecular flexibility index (Phi) is 4.45. The fraction of sp³-hybridized carbons (Fsp3) is 0.500. The van der Waals surface area contributed by atoms with Crippen molar-refractivity contribution in [1.29, 1.82) is 0 Å². The molecule has 0 radical (unpaired) electrons. The van der Waals surface area contributed by atoms with E-state index in [4.69, 9.17) is 0 Å². The Morgan fingerprint density at radius 1 is 1.30 bits per heavy atom. The third-order valence-corrected chi connectivity index (χ3v) is 4.84. The highest BCUT2D eigenvalue weighted by atomic mass is 32.2. The summed E-state index contributed by atoms with van der Waals surface area (Å²) in [5, 5.41) is 2.85. The smallest absolute Gasteiger partial charge is 0.227 e. The molecule has 1 aromatic carbocycles. The normalized spacial score (nSPS) is 16.7. The second-order valence-corrected chi connectivity index (χ2v) is 7.17. The number of carbonyl (C=O) groups excluding carboxylic acids is 1. The number of hydrogen-bond donors (Lipinski definition) is 2. The highest BCUT2D eigenvalue weighted by Crippen LogP contribution is 2.30. The maximum Gasteiger partial charge on any atom is 0.227 e. The molecule has 5 nitrogen and oxygen atoms in total. The van der Waals surface area contributed by atoms with E-state index in [1.54, 1.807) is 26.0 Å². The standard InChI is InChI=1S/C14H20N2O3S/c1-3-20(18,19)16-10(2)11-6-8-13(9-7-11)15-14(17)12-4-5-12/h6-10,12,16H,3-5H2,1-2H3,(H,15,17)/t10-/m1/s1. The second-order valence-electron chi connectivity index (χ2n) is 5.13. The van der Waals surface area contributed by atoms with E-state index in [9.17, 15) is 13.2 Å². The molecule has 1 saturated carbocycles. The molecule has 6 heteroatoms. The molecule has 2 rings (SSSR count). The predicted molar refractivity (Wildman–Crippen MR) is 78.8 cm³/mol. The van der Waals surface area contributed by atoms with Gasteiger partial charge in [-0.05, 0) is 44.4 Å². The van der Waals surface area contributed by atoms with Gasteiger partial charge in [0.25, 0.3) is 0 Å². The van der Waals surface area contributed by atoms with Gasteiger partial charge in [0.1, 0.15) is 0 Å². The first-order chi connectivity index (χ1) is 9.41. The van der Waals surface area contributed by atoms with Gasteiger partial charge in [0.2, 0.25) is 15.9 Å². The minimum absolute atomic E-state index is 0.0624. The van der Waals surface area contributed by atoms with Gasteiger partial charge in [-0.15, -0.1) is 0 Å². The largest absolute Gasteiger partial charge is 0.326 e. The van der Waals surface area contributed by atoms with Gasteiger partial charge in [-0.3, -0.25) is 4.79 Å². The summed E-state index contributed by atoms with van der Waals surface area (Å²) < 4.78 is 25.6. The number of anilines is 1. The second kappa shape index (κ2) is 5.93. The molecule has 0 heterocycles. The summed E-state index contributed by atoms with van der Waals surface area (Å²) in [7, 11) is -3.22. The summed E-state index contributed by atoms with van der Waals surface area (Å²) in [6, 6.07) is 6.96. The van der Waals surface area contributed by atoms with Crippen LogP contribution in [0.15, 0.2) is 24.3 Å². The number of amides is 1. The maximum absolute atomic E-state index is 11.6. The Hall–Kier alpha value is -1.40. The monoisotopic (exact) mass is 296 g/mol. The minimum Gasteiger partial charge on any atom is -0.326 e. The van der Waals surface area contributed by atoms with Crippen LogP contribution in [0.25, 0.3) is 0 Å². The molecule has 0 unspecified atom stereocenters. The molecule has 0 bridgehead atoms. The molecule has 1 fully saturated rings. The summed E-state index contributed by atoms with van der Waals surface area (Å²) in [6.45, 7) is 3.40. The Morgan fingerprint density at radius 2 is 1.90 bits per heavy atom. The molecular weight excluding hydrogens is 276 g/mol. The lowest BCUT2D eigenvalue weighted by Crippen LogP contribution is -2.28. The average molecular weight is 296 g/mol. The number of rotatable bonds is 6. The zero-order chi connectivity index (χ0) is 14.8. The summed E-state index contributed by atoms with van der Waals surface area (Å²) in [4.78, 5) is 11.6. The van der Waals surface area contributed by atoms with Gasteiger partial charge in [-0.2, -0.15) is 0 Å². The molecule has 1 amide bonds. The van der Waals surface area contributed by atoms with E-state index in [1.807, 2.05) is 12.1 Å². The predicted octanol–water partition coefficient (Wildman–Crippen LogP) is 2.04. The van der Waals surface area contributed by atoms with E-state index in [2.05, 4.69) is 10.0 Å². The van der Waals surface area contributed by atoms with Crippen LogP contribution in [0.4, 0.5) is 5.69 Å². The van der Waals surface area contributed by atoms with Gasteiger partial charge in [0.05, 0.1) is 5.75 Å². The first-order valence-corrected chi connectivity index (χ1v) is 8.47. The van der Waals surface area contributed by atoms with Crippen LogP contribution in [-0.2, 0) is 14.8 Å². The van der Waals surface area contributed by atoms with Crippen LogP contribution in [0, 0.1) is 5.92 Å². The van der Waals surface area contributed by atoms with Crippen molar-refractivity contribution in [3.05, 3.63) is 29.8 Å². The third kappa shape index (κ3) is 4.05. The SMILES string of the molecule is CCS(=O)(=O)N[C@H](C)c1ccc(NC(=O)C2CC2)cc1. The van der Waals surface area contributed by atoms with E-state index in [1.165, 1.54) is 0 Å². The molecule has 0 saturated heterocycles. The molecule has 1 atom stereocenters. The van der Waals surface area contributed by atoms with E-state index < -0.39 is 10.0 Å². The van der Waals surface area contributed by atoms with E-state index >= 15 is 0 Å². The Bertz CT molecular complexity index is 577. The lowest BCUT2D eigenvalue weighted by atomic mass is 10.1. The van der Waals surface area contributed by atoms with Gasteiger partial charge in [0, 0.05) is 17.6 Å². The van der Waals surface area contributed by atoms with Crippen LogP contribution < -0.4 is 10.0 Å². The molecule has 0 aromatic heterocycles. The summed E-state index contributed by atoms with van der Waals surface area (Å²) >= 11 is 0. The number of hydrogen-bond acceptors (Lipinski definition) is 3. The molecule has 0 spiro atoms. The molecule has 1 aliphatic carbocycles. The number of carbonyl (C=O) groups is 1. The fourth-order valence-electron chi connectivity index (χ4n) is 1.87. The van der Waals surface area contributed by atoms with Gasteiger partial charge in [0.15, 0.2) is 0 Å². The topological polar surface area (TPSA) is 75.3 Å². The molecule has 20 heavy (non-hydrogen) atoms.